The van der Waals surface area contributed by atoms with Crippen molar-refractivity contribution in [3.63, 3.8) is 0 Å². The first kappa shape index (κ1) is 13.2. The minimum atomic E-state index is -4.09. The average Bonchev–Trinajstić information content (AvgIpc) is 2.40. The number of nitrogens with one attached hydrogen (secondary N) is 2. The fourth-order valence-corrected chi connectivity index (χ4v) is 1.47. The summed E-state index contributed by atoms with van der Waals surface area (Å²) in [4.78, 5) is 11.3. The first-order valence-corrected chi connectivity index (χ1v) is 5.10. The molecule has 1 aliphatic heterocycles. The third-order valence-electron chi connectivity index (χ3n) is 2.44. The van der Waals surface area contributed by atoms with Crippen molar-refractivity contribution >= 4 is 5.91 Å². The number of hydrogen-bond donors (Lipinski definition) is 2. The topological polar surface area (TPSA) is 41.1 Å². The van der Waals surface area contributed by atoms with Gasteiger partial charge >= 0.3 is 12.3 Å². The van der Waals surface area contributed by atoms with E-state index in [1.807, 2.05) is 0 Å². The van der Waals surface area contributed by atoms with Crippen LogP contribution in [0.4, 0.5) is 17.6 Å². The number of rotatable bonds is 4. The van der Waals surface area contributed by atoms with Gasteiger partial charge in [0.05, 0.1) is 12.6 Å². The molecule has 1 atom stereocenters. The highest BCUT2D eigenvalue weighted by molar-refractivity contribution is 5.81. The van der Waals surface area contributed by atoms with Crippen molar-refractivity contribution in [2.45, 2.75) is 37.7 Å². The van der Waals surface area contributed by atoms with Crippen molar-refractivity contribution in [3.8, 4) is 0 Å². The molecule has 1 amide bonds. The van der Waals surface area contributed by atoms with E-state index in [0.717, 1.165) is 6.42 Å². The Morgan fingerprint density at radius 1 is 1.44 bits per heavy atom. The fraction of sp³-hybridized carbons (Fsp3) is 0.889. The molecule has 0 radical (unpaired) electrons. The second-order valence-electron chi connectivity index (χ2n) is 3.78. The predicted molar refractivity (Wildman–Crippen MR) is 49.6 cm³/mol. The van der Waals surface area contributed by atoms with Gasteiger partial charge in [0.25, 0.3) is 0 Å². The van der Waals surface area contributed by atoms with Crippen molar-refractivity contribution in [1.29, 1.82) is 0 Å². The summed E-state index contributed by atoms with van der Waals surface area (Å²) < 4.78 is 48.9. The van der Waals surface area contributed by atoms with Crippen molar-refractivity contribution < 1.29 is 22.4 Å². The molecule has 94 valence electrons. The zero-order chi connectivity index (χ0) is 12.2. The highest BCUT2D eigenvalue weighted by Crippen LogP contribution is 2.22. The van der Waals surface area contributed by atoms with Crippen LogP contribution in [0.5, 0.6) is 0 Å². The first-order chi connectivity index (χ1) is 7.43. The maximum Gasteiger partial charge on any atom is 0.319 e. The van der Waals surface area contributed by atoms with Gasteiger partial charge in [-0.1, -0.05) is 0 Å². The van der Waals surface area contributed by atoms with Crippen LogP contribution in [0.25, 0.3) is 0 Å². The summed E-state index contributed by atoms with van der Waals surface area (Å²) >= 11 is 0. The van der Waals surface area contributed by atoms with E-state index >= 15 is 0 Å². The summed E-state index contributed by atoms with van der Waals surface area (Å²) in [6.07, 6.45) is -1.84. The largest absolute Gasteiger partial charge is 0.355 e. The molecule has 0 bridgehead atoms. The second kappa shape index (κ2) is 5.47. The molecule has 0 aliphatic carbocycles. The summed E-state index contributed by atoms with van der Waals surface area (Å²) in [7, 11) is 0. The third-order valence-corrected chi connectivity index (χ3v) is 2.44. The molecular weight excluding hydrogens is 228 g/mol. The molecule has 1 unspecified atom stereocenters. The molecule has 0 aromatic rings. The fourth-order valence-electron chi connectivity index (χ4n) is 1.47. The lowest BCUT2D eigenvalue weighted by atomic mass is 10.1. The van der Waals surface area contributed by atoms with Crippen LogP contribution in [0.2, 0.25) is 0 Å². The molecule has 1 fully saturated rings. The lowest BCUT2D eigenvalue weighted by Crippen LogP contribution is -2.48. The summed E-state index contributed by atoms with van der Waals surface area (Å²) in [6.45, 7) is -0.676. The SMILES string of the molecule is O=C1NCCCCC1NCC(F)(F)C(F)F. The Balaban J connectivity index is 2.44. The predicted octanol–water partition coefficient (Wildman–Crippen LogP) is 1.15. The average molecular weight is 242 g/mol. The minimum Gasteiger partial charge on any atom is -0.355 e. The molecule has 0 spiro atoms. The van der Waals surface area contributed by atoms with Gasteiger partial charge in [0.15, 0.2) is 0 Å². The van der Waals surface area contributed by atoms with Gasteiger partial charge in [0.2, 0.25) is 5.91 Å². The number of halogens is 4. The Labute approximate surface area is 90.6 Å². The van der Waals surface area contributed by atoms with E-state index in [1.54, 1.807) is 0 Å². The molecule has 0 aromatic heterocycles. The van der Waals surface area contributed by atoms with Crippen LogP contribution in [0.3, 0.4) is 0 Å². The summed E-state index contributed by atoms with van der Waals surface area (Å²) in [5.41, 5.74) is 0. The maximum absolute atomic E-state index is 12.6. The van der Waals surface area contributed by atoms with Gasteiger partial charge in [-0.15, -0.1) is 0 Å². The molecule has 1 saturated heterocycles. The van der Waals surface area contributed by atoms with Crippen molar-refractivity contribution in [2.24, 2.45) is 0 Å². The van der Waals surface area contributed by atoms with Crippen LogP contribution in [0.15, 0.2) is 0 Å². The van der Waals surface area contributed by atoms with E-state index in [9.17, 15) is 22.4 Å². The highest BCUT2D eigenvalue weighted by atomic mass is 19.3. The molecule has 0 aromatic carbocycles. The zero-order valence-electron chi connectivity index (χ0n) is 8.61. The molecule has 2 N–H and O–H groups in total. The van der Waals surface area contributed by atoms with Crippen LogP contribution in [0, 0.1) is 0 Å². The van der Waals surface area contributed by atoms with Gasteiger partial charge in [-0.2, -0.15) is 8.78 Å². The number of alkyl halides is 4. The normalized spacial score (nSPS) is 23.1. The lowest BCUT2D eigenvalue weighted by Gasteiger charge is -2.20. The number of carbonyl (C=O) groups is 1. The third kappa shape index (κ3) is 3.62. The molecule has 1 heterocycles. The van der Waals surface area contributed by atoms with Gasteiger partial charge in [0, 0.05) is 6.54 Å². The summed E-state index contributed by atoms with van der Waals surface area (Å²) in [6, 6.07) is -0.799. The quantitative estimate of drug-likeness (QED) is 0.726. The minimum absolute atomic E-state index is 0.394. The van der Waals surface area contributed by atoms with Gasteiger partial charge in [-0.3, -0.25) is 10.1 Å². The van der Waals surface area contributed by atoms with Crippen molar-refractivity contribution in [3.05, 3.63) is 0 Å². The van der Waals surface area contributed by atoms with Crippen LogP contribution >= 0.6 is 0 Å². The Morgan fingerprint density at radius 2 is 2.12 bits per heavy atom. The summed E-state index contributed by atoms with van der Waals surface area (Å²) in [5.74, 6) is -4.49. The first-order valence-electron chi connectivity index (χ1n) is 5.10. The molecule has 3 nitrogen and oxygen atoms in total. The molecule has 16 heavy (non-hydrogen) atoms. The number of carbonyl (C=O) groups excluding carboxylic acids is 1. The zero-order valence-corrected chi connectivity index (χ0v) is 8.61. The molecule has 1 aliphatic rings. The Hall–Kier alpha value is -0.850. The molecule has 1 rings (SSSR count). The lowest BCUT2D eigenvalue weighted by molar-refractivity contribution is -0.131. The van der Waals surface area contributed by atoms with Crippen molar-refractivity contribution in [2.75, 3.05) is 13.1 Å². The monoisotopic (exact) mass is 242 g/mol. The van der Waals surface area contributed by atoms with Gasteiger partial charge in [0.1, 0.15) is 0 Å². The van der Waals surface area contributed by atoms with Crippen LogP contribution < -0.4 is 10.6 Å². The van der Waals surface area contributed by atoms with E-state index in [1.165, 1.54) is 0 Å². The van der Waals surface area contributed by atoms with E-state index < -0.39 is 30.8 Å². The maximum atomic E-state index is 12.6. The molecule has 0 saturated carbocycles. The van der Waals surface area contributed by atoms with E-state index in [2.05, 4.69) is 10.6 Å². The highest BCUT2D eigenvalue weighted by Gasteiger charge is 2.41. The summed E-state index contributed by atoms with van der Waals surface area (Å²) in [5, 5.41) is 4.72. The Morgan fingerprint density at radius 3 is 2.75 bits per heavy atom. The van der Waals surface area contributed by atoms with Gasteiger partial charge in [-0.05, 0) is 19.3 Å². The number of amides is 1. The van der Waals surface area contributed by atoms with E-state index in [0.29, 0.717) is 19.4 Å². The smallest absolute Gasteiger partial charge is 0.319 e. The van der Waals surface area contributed by atoms with Crippen molar-refractivity contribution in [1.82, 2.24) is 10.6 Å². The Kier molecular flexibility index (Phi) is 4.52. The standard InChI is InChI=1S/C9H14F4N2O/c10-8(11)9(12,13)5-15-6-3-1-2-4-14-7(6)16/h6,8,15H,1-5H2,(H,14,16). The van der Waals surface area contributed by atoms with Crippen LogP contribution in [0.1, 0.15) is 19.3 Å². The van der Waals surface area contributed by atoms with Gasteiger partial charge < -0.3 is 5.32 Å². The van der Waals surface area contributed by atoms with Gasteiger partial charge in [-0.25, -0.2) is 8.78 Å². The second-order valence-corrected chi connectivity index (χ2v) is 3.78. The molecule has 7 heteroatoms. The Bertz CT molecular complexity index is 248. The molecular formula is C9H14F4N2O. The van der Waals surface area contributed by atoms with E-state index in [4.69, 9.17) is 0 Å². The van der Waals surface area contributed by atoms with E-state index in [-0.39, 0.29) is 0 Å². The van der Waals surface area contributed by atoms with Crippen LogP contribution in [-0.4, -0.2) is 37.4 Å². The number of hydrogen-bond acceptors (Lipinski definition) is 2. The van der Waals surface area contributed by atoms with Crippen LogP contribution in [-0.2, 0) is 4.79 Å².